The van der Waals surface area contributed by atoms with Crippen LogP contribution in [0, 0.1) is 5.41 Å². The third kappa shape index (κ3) is 5.43. The molecular formula is C8H15Cl3O6. The number of carboxylic acid groups (broad SMARTS) is 3. The van der Waals surface area contributed by atoms with Crippen molar-refractivity contribution in [2.24, 2.45) is 5.41 Å². The van der Waals surface area contributed by atoms with Crippen LogP contribution in [-0.2, 0) is 14.4 Å². The molecule has 0 spiro atoms. The molecule has 6 nitrogen and oxygen atoms in total. The van der Waals surface area contributed by atoms with Gasteiger partial charge in [-0.15, -0.1) is 37.2 Å². The van der Waals surface area contributed by atoms with Crippen molar-refractivity contribution in [1.82, 2.24) is 0 Å². The van der Waals surface area contributed by atoms with Crippen LogP contribution in [0.5, 0.6) is 0 Å². The molecule has 0 aromatic carbocycles. The van der Waals surface area contributed by atoms with Gasteiger partial charge in [-0.05, 0) is 6.42 Å². The molecule has 0 atom stereocenters. The summed E-state index contributed by atoms with van der Waals surface area (Å²) in [6.07, 6.45) is 0.379. The Hall–Kier alpha value is -0.720. The third-order valence-corrected chi connectivity index (χ3v) is 2.00. The molecule has 0 fully saturated rings. The second-order valence-electron chi connectivity index (χ2n) is 2.92. The van der Waals surface area contributed by atoms with E-state index >= 15 is 0 Å². The zero-order chi connectivity index (χ0) is 11.4. The summed E-state index contributed by atoms with van der Waals surface area (Å²) in [6, 6.07) is 0. The van der Waals surface area contributed by atoms with Crippen molar-refractivity contribution in [3.63, 3.8) is 0 Å². The van der Waals surface area contributed by atoms with E-state index in [4.69, 9.17) is 15.3 Å². The molecule has 9 heteroatoms. The molecule has 0 aromatic rings. The molecule has 0 rings (SSSR count). The van der Waals surface area contributed by atoms with Crippen LogP contribution in [-0.4, -0.2) is 33.2 Å². The molecule has 0 unspecified atom stereocenters. The van der Waals surface area contributed by atoms with Gasteiger partial charge in [-0.2, -0.15) is 0 Å². The van der Waals surface area contributed by atoms with Crippen molar-refractivity contribution in [3.05, 3.63) is 0 Å². The molecule has 17 heavy (non-hydrogen) atoms. The minimum absolute atomic E-state index is 0. The largest absolute Gasteiger partial charge is 0.480 e. The number of aliphatic carboxylic acids is 3. The topological polar surface area (TPSA) is 112 Å². The van der Waals surface area contributed by atoms with Crippen LogP contribution >= 0.6 is 37.2 Å². The number of unbranched alkanes of at least 4 members (excludes halogenated alkanes) is 1. The van der Waals surface area contributed by atoms with E-state index in [1.807, 2.05) is 0 Å². The Labute approximate surface area is 117 Å². The Bertz CT molecular complexity index is 232. The Morgan fingerprint density at radius 1 is 0.882 bits per heavy atom. The summed E-state index contributed by atoms with van der Waals surface area (Å²) < 4.78 is 0. The van der Waals surface area contributed by atoms with E-state index in [9.17, 15) is 14.4 Å². The van der Waals surface area contributed by atoms with Crippen LogP contribution in [0.3, 0.4) is 0 Å². The van der Waals surface area contributed by atoms with E-state index < -0.39 is 29.7 Å². The van der Waals surface area contributed by atoms with Crippen LogP contribution in [0.25, 0.3) is 0 Å². The third-order valence-electron chi connectivity index (χ3n) is 2.00. The van der Waals surface area contributed by atoms with Gasteiger partial charge in [0.1, 0.15) is 0 Å². The molecule has 0 bridgehead atoms. The van der Waals surface area contributed by atoms with E-state index in [1.54, 1.807) is 6.92 Å². The highest BCUT2D eigenvalue weighted by Gasteiger charge is 2.53. The summed E-state index contributed by atoms with van der Waals surface area (Å²) in [5.74, 6) is -5.48. The average molecular weight is 314 g/mol. The molecular weight excluding hydrogens is 298 g/mol. The van der Waals surface area contributed by atoms with Gasteiger partial charge in [0, 0.05) is 0 Å². The highest BCUT2D eigenvalue weighted by atomic mass is 35.5. The average Bonchev–Trinajstić information content (AvgIpc) is 2.03. The minimum atomic E-state index is -2.70. The summed E-state index contributed by atoms with van der Waals surface area (Å²) in [7, 11) is 0. The highest BCUT2D eigenvalue weighted by molar-refractivity contribution is 6.16. The Kier molecular flexibility index (Phi) is 15.5. The van der Waals surface area contributed by atoms with Gasteiger partial charge in [0.25, 0.3) is 5.41 Å². The van der Waals surface area contributed by atoms with Crippen molar-refractivity contribution in [1.29, 1.82) is 0 Å². The molecule has 0 heterocycles. The van der Waals surface area contributed by atoms with Crippen LogP contribution < -0.4 is 0 Å². The Balaban J connectivity index is -0.000000282. The zero-order valence-electron chi connectivity index (χ0n) is 8.91. The maximum Gasteiger partial charge on any atom is 0.332 e. The maximum atomic E-state index is 10.6. The van der Waals surface area contributed by atoms with Gasteiger partial charge in [-0.1, -0.05) is 19.8 Å². The predicted molar refractivity (Wildman–Crippen MR) is 66.6 cm³/mol. The number of halogens is 3. The monoisotopic (exact) mass is 312 g/mol. The first-order valence-electron chi connectivity index (χ1n) is 4.09. The van der Waals surface area contributed by atoms with E-state index in [-0.39, 0.29) is 43.6 Å². The van der Waals surface area contributed by atoms with Crippen LogP contribution in [0.15, 0.2) is 0 Å². The quantitative estimate of drug-likeness (QED) is 0.643. The van der Waals surface area contributed by atoms with Gasteiger partial charge in [0.05, 0.1) is 0 Å². The normalized spacial score (nSPS) is 9.00. The lowest BCUT2D eigenvalue weighted by molar-refractivity contribution is -0.176. The minimum Gasteiger partial charge on any atom is -0.480 e. The summed E-state index contributed by atoms with van der Waals surface area (Å²) in [5.41, 5.74) is -2.70. The van der Waals surface area contributed by atoms with Crippen LogP contribution in [0.1, 0.15) is 26.2 Å². The molecule has 0 radical (unpaired) electrons. The van der Waals surface area contributed by atoms with Crippen molar-refractivity contribution in [3.8, 4) is 0 Å². The molecule has 0 saturated heterocycles. The van der Waals surface area contributed by atoms with Crippen LogP contribution in [0.2, 0.25) is 0 Å². The van der Waals surface area contributed by atoms with Crippen LogP contribution in [0.4, 0.5) is 0 Å². The molecule has 0 amide bonds. The fraction of sp³-hybridized carbons (Fsp3) is 0.625. The van der Waals surface area contributed by atoms with Crippen molar-refractivity contribution < 1.29 is 29.7 Å². The SMILES string of the molecule is CCCCC(C(=O)O)(C(=O)O)C(=O)O.Cl.Cl.Cl. The molecule has 3 N–H and O–H groups in total. The second-order valence-corrected chi connectivity index (χ2v) is 2.92. The van der Waals surface area contributed by atoms with Gasteiger partial charge in [0.15, 0.2) is 0 Å². The summed E-state index contributed by atoms with van der Waals surface area (Å²) in [6.45, 7) is 1.72. The molecule has 0 aliphatic heterocycles. The second kappa shape index (κ2) is 10.4. The first kappa shape index (κ1) is 25.2. The van der Waals surface area contributed by atoms with Gasteiger partial charge in [-0.3, -0.25) is 14.4 Å². The van der Waals surface area contributed by atoms with E-state index in [2.05, 4.69) is 0 Å². The first-order valence-corrected chi connectivity index (χ1v) is 4.09. The standard InChI is InChI=1S/C8H12O6.3ClH/c1-2-3-4-8(5(9)10,6(11)12)7(13)14;;;/h2-4H2,1H3,(H,9,10)(H,11,12)(H,13,14);3*1H. The van der Waals surface area contributed by atoms with Gasteiger partial charge in [-0.25, -0.2) is 0 Å². The highest BCUT2D eigenvalue weighted by Crippen LogP contribution is 2.26. The number of hydrogen-bond donors (Lipinski definition) is 3. The van der Waals surface area contributed by atoms with E-state index in [1.165, 1.54) is 0 Å². The fourth-order valence-electron chi connectivity index (χ4n) is 1.04. The maximum absolute atomic E-state index is 10.6. The van der Waals surface area contributed by atoms with E-state index in [0.717, 1.165) is 0 Å². The number of carboxylic acids is 3. The molecule has 0 aliphatic carbocycles. The lowest BCUT2D eigenvalue weighted by atomic mass is 9.83. The summed E-state index contributed by atoms with van der Waals surface area (Å²) >= 11 is 0. The molecule has 0 aromatic heterocycles. The van der Waals surface area contributed by atoms with Gasteiger partial charge in [0.2, 0.25) is 0 Å². The Morgan fingerprint density at radius 3 is 1.35 bits per heavy atom. The summed E-state index contributed by atoms with van der Waals surface area (Å²) in [5, 5.41) is 25.9. The predicted octanol–water partition coefficient (Wildman–Crippen LogP) is 1.68. The molecule has 0 aliphatic rings. The van der Waals surface area contributed by atoms with Crippen molar-refractivity contribution >= 4 is 55.1 Å². The van der Waals surface area contributed by atoms with Crippen molar-refractivity contribution in [2.45, 2.75) is 26.2 Å². The lowest BCUT2D eigenvalue weighted by Crippen LogP contribution is -2.46. The zero-order valence-corrected chi connectivity index (χ0v) is 11.4. The molecule has 104 valence electrons. The van der Waals surface area contributed by atoms with Crippen molar-refractivity contribution in [2.75, 3.05) is 0 Å². The van der Waals surface area contributed by atoms with E-state index in [0.29, 0.717) is 6.42 Å². The first-order chi connectivity index (χ1) is 6.39. The van der Waals surface area contributed by atoms with Gasteiger partial charge >= 0.3 is 17.9 Å². The lowest BCUT2D eigenvalue weighted by Gasteiger charge is -2.19. The number of carbonyl (C=O) groups is 3. The summed E-state index contributed by atoms with van der Waals surface area (Å²) in [4.78, 5) is 31.9. The fourth-order valence-corrected chi connectivity index (χ4v) is 1.04. The Morgan fingerprint density at radius 2 is 1.18 bits per heavy atom. The molecule has 0 saturated carbocycles. The number of rotatable bonds is 6. The number of hydrogen-bond acceptors (Lipinski definition) is 3. The van der Waals surface area contributed by atoms with Gasteiger partial charge < -0.3 is 15.3 Å². The smallest absolute Gasteiger partial charge is 0.332 e.